The highest BCUT2D eigenvalue weighted by atomic mass is 32.2. The minimum absolute atomic E-state index is 0.0475. The van der Waals surface area contributed by atoms with E-state index in [1.165, 1.54) is 32.2 Å². The van der Waals surface area contributed by atoms with E-state index in [0.717, 1.165) is 4.83 Å². The molecule has 0 saturated carbocycles. The van der Waals surface area contributed by atoms with E-state index in [1.54, 1.807) is 36.0 Å². The van der Waals surface area contributed by atoms with Crippen LogP contribution >= 0.6 is 23.1 Å². The van der Waals surface area contributed by atoms with Crippen molar-refractivity contribution in [2.75, 3.05) is 5.75 Å². The fourth-order valence-corrected chi connectivity index (χ4v) is 4.14. The van der Waals surface area contributed by atoms with Gasteiger partial charge in [0.2, 0.25) is 0 Å². The zero-order valence-electron chi connectivity index (χ0n) is 12.7. The molecule has 0 spiro atoms. The minimum atomic E-state index is -0.165. The first kappa shape index (κ1) is 15.2. The first-order chi connectivity index (χ1) is 11.6. The predicted molar refractivity (Wildman–Crippen MR) is 95.0 cm³/mol. The second-order valence-electron chi connectivity index (χ2n) is 5.18. The molecule has 0 aromatic carbocycles. The number of aryl methyl sites for hydroxylation is 1. The fraction of sp³-hybridized carbons (Fsp3) is 0.200. The van der Waals surface area contributed by atoms with Gasteiger partial charge in [0, 0.05) is 19.0 Å². The van der Waals surface area contributed by atoms with E-state index >= 15 is 0 Å². The van der Waals surface area contributed by atoms with E-state index in [4.69, 9.17) is 0 Å². The zero-order chi connectivity index (χ0) is 16.7. The molecule has 0 saturated heterocycles. The molecule has 4 aromatic heterocycles. The first-order valence-corrected chi connectivity index (χ1v) is 9.13. The monoisotopic (exact) mass is 359 g/mol. The molecule has 9 heteroatoms. The first-order valence-electron chi connectivity index (χ1n) is 7.26. The smallest absolute Gasteiger partial charge is 0.290 e. The Labute approximate surface area is 144 Å². The summed E-state index contributed by atoms with van der Waals surface area (Å²) in [6.07, 6.45) is 1.70. The van der Waals surface area contributed by atoms with Gasteiger partial charge in [-0.15, -0.1) is 16.4 Å². The van der Waals surface area contributed by atoms with Crippen molar-refractivity contribution in [3.63, 3.8) is 0 Å². The quantitative estimate of drug-likeness (QED) is 0.409. The Morgan fingerprint density at radius 1 is 1.25 bits per heavy atom. The molecule has 0 bridgehead atoms. The maximum Gasteiger partial charge on any atom is 0.350 e. The molecule has 0 aliphatic rings. The third kappa shape index (κ3) is 2.45. The predicted octanol–water partition coefficient (Wildman–Crippen LogP) is 1.60. The van der Waals surface area contributed by atoms with Crippen LogP contribution in [0, 0.1) is 0 Å². The lowest BCUT2D eigenvalue weighted by molar-refractivity contribution is 0.637. The Morgan fingerprint density at radius 2 is 2.12 bits per heavy atom. The maximum absolute atomic E-state index is 12.3. The summed E-state index contributed by atoms with van der Waals surface area (Å²) in [6, 6.07) is 7.23. The summed E-state index contributed by atoms with van der Waals surface area (Å²) < 4.78 is 4.49. The normalized spacial score (nSPS) is 11.5. The van der Waals surface area contributed by atoms with Crippen LogP contribution in [0.15, 0.2) is 50.6 Å². The van der Waals surface area contributed by atoms with Crippen molar-refractivity contribution in [3.8, 4) is 0 Å². The van der Waals surface area contributed by atoms with Crippen LogP contribution in [0.1, 0.15) is 0 Å². The highest BCUT2D eigenvalue weighted by Gasteiger charge is 2.11. The van der Waals surface area contributed by atoms with Gasteiger partial charge in [-0.1, -0.05) is 17.8 Å². The number of hydrogen-bond donors (Lipinski definition) is 0. The van der Waals surface area contributed by atoms with Gasteiger partial charge in [-0.25, -0.2) is 14.5 Å². The van der Waals surface area contributed by atoms with Crippen LogP contribution in [0.4, 0.5) is 0 Å². The van der Waals surface area contributed by atoms with E-state index in [2.05, 4.69) is 10.1 Å². The van der Waals surface area contributed by atoms with Crippen molar-refractivity contribution < 1.29 is 0 Å². The van der Waals surface area contributed by atoms with Crippen molar-refractivity contribution in [2.45, 2.75) is 11.7 Å². The van der Waals surface area contributed by atoms with Gasteiger partial charge >= 0.3 is 5.69 Å². The molecule has 4 heterocycles. The Bertz CT molecular complexity index is 1150. The highest BCUT2D eigenvalue weighted by molar-refractivity contribution is 7.99. The molecule has 7 nitrogen and oxygen atoms in total. The van der Waals surface area contributed by atoms with E-state index < -0.39 is 0 Å². The van der Waals surface area contributed by atoms with Crippen molar-refractivity contribution in [1.29, 1.82) is 0 Å². The van der Waals surface area contributed by atoms with E-state index in [-0.39, 0.29) is 11.2 Å². The van der Waals surface area contributed by atoms with Gasteiger partial charge in [0.1, 0.15) is 4.83 Å². The van der Waals surface area contributed by atoms with Crippen molar-refractivity contribution in [2.24, 2.45) is 7.05 Å². The second kappa shape index (κ2) is 5.91. The van der Waals surface area contributed by atoms with Crippen LogP contribution in [-0.2, 0) is 13.6 Å². The summed E-state index contributed by atoms with van der Waals surface area (Å²) in [4.78, 5) is 29.7. The summed E-state index contributed by atoms with van der Waals surface area (Å²) in [5.74, 6) is 0.598. The maximum atomic E-state index is 12.3. The number of rotatable bonds is 4. The molecular weight excluding hydrogens is 346 g/mol. The fourth-order valence-electron chi connectivity index (χ4n) is 2.45. The lowest BCUT2D eigenvalue weighted by atomic mass is 10.4. The molecule has 4 rings (SSSR count). The molecule has 0 aliphatic heterocycles. The Kier molecular flexibility index (Phi) is 3.73. The standard InChI is InChI=1S/C15H13N5O2S2/c1-18-13(21)10-5-8-23-12(10)16-14(18)24-9-7-20-15(22)19-6-3-2-4-11(19)17-20/h2-6,8H,7,9H2,1H3. The van der Waals surface area contributed by atoms with E-state index in [0.29, 0.717) is 28.5 Å². The molecule has 0 amide bonds. The van der Waals surface area contributed by atoms with Crippen LogP contribution in [0.2, 0.25) is 0 Å². The summed E-state index contributed by atoms with van der Waals surface area (Å²) in [5, 5.41) is 7.44. The van der Waals surface area contributed by atoms with Crippen LogP contribution in [-0.4, -0.2) is 29.5 Å². The van der Waals surface area contributed by atoms with Crippen molar-refractivity contribution in [3.05, 3.63) is 56.7 Å². The number of pyridine rings is 1. The van der Waals surface area contributed by atoms with Gasteiger partial charge in [0.25, 0.3) is 5.56 Å². The van der Waals surface area contributed by atoms with Crippen LogP contribution in [0.3, 0.4) is 0 Å². The number of fused-ring (bicyclic) bond motifs is 2. The molecule has 0 aliphatic carbocycles. The molecule has 0 unspecified atom stereocenters. The third-order valence-corrected chi connectivity index (χ3v) is 5.50. The molecule has 122 valence electrons. The van der Waals surface area contributed by atoms with Gasteiger partial charge in [-0.05, 0) is 23.6 Å². The number of aromatic nitrogens is 5. The number of nitrogens with zero attached hydrogens (tertiary/aromatic N) is 5. The summed E-state index contributed by atoms with van der Waals surface area (Å²) in [6.45, 7) is 0.448. The molecule has 4 aromatic rings. The highest BCUT2D eigenvalue weighted by Crippen LogP contribution is 2.20. The number of thiophene rings is 1. The summed E-state index contributed by atoms with van der Waals surface area (Å²) in [5.41, 5.74) is 0.411. The molecular formula is C15H13N5O2S2. The Balaban J connectivity index is 1.57. The van der Waals surface area contributed by atoms with Crippen molar-refractivity contribution in [1.82, 2.24) is 23.7 Å². The lowest BCUT2D eigenvalue weighted by Crippen LogP contribution is -2.23. The summed E-state index contributed by atoms with van der Waals surface area (Å²) in [7, 11) is 1.71. The third-order valence-electron chi connectivity index (χ3n) is 3.69. The Hall–Kier alpha value is -2.39. The second-order valence-corrected chi connectivity index (χ2v) is 7.14. The molecule has 0 N–H and O–H groups in total. The van der Waals surface area contributed by atoms with Gasteiger partial charge < -0.3 is 0 Å². The summed E-state index contributed by atoms with van der Waals surface area (Å²) >= 11 is 2.89. The molecule has 0 radical (unpaired) electrons. The number of thioether (sulfide) groups is 1. The van der Waals surface area contributed by atoms with Gasteiger partial charge in [-0.3, -0.25) is 13.8 Å². The Morgan fingerprint density at radius 3 is 2.96 bits per heavy atom. The largest absolute Gasteiger partial charge is 0.350 e. The van der Waals surface area contributed by atoms with Crippen LogP contribution < -0.4 is 11.2 Å². The van der Waals surface area contributed by atoms with Gasteiger partial charge in [-0.2, -0.15) is 0 Å². The molecule has 0 atom stereocenters. The van der Waals surface area contributed by atoms with E-state index in [1.807, 2.05) is 11.4 Å². The molecule has 0 fully saturated rings. The average Bonchev–Trinajstić information content (AvgIpc) is 3.18. The van der Waals surface area contributed by atoms with Crippen molar-refractivity contribution >= 4 is 39.0 Å². The van der Waals surface area contributed by atoms with Gasteiger partial charge in [0.05, 0.1) is 11.9 Å². The van der Waals surface area contributed by atoms with E-state index in [9.17, 15) is 9.59 Å². The zero-order valence-corrected chi connectivity index (χ0v) is 14.4. The average molecular weight is 359 g/mol. The van der Waals surface area contributed by atoms with Crippen LogP contribution in [0.25, 0.3) is 15.9 Å². The SMILES string of the molecule is Cn1c(SCCn2nc3ccccn3c2=O)nc2sccc2c1=O. The lowest BCUT2D eigenvalue weighted by Gasteiger charge is -2.06. The number of hydrogen-bond acceptors (Lipinski definition) is 6. The van der Waals surface area contributed by atoms with Crippen LogP contribution in [0.5, 0.6) is 0 Å². The topological polar surface area (TPSA) is 74.2 Å². The molecule has 24 heavy (non-hydrogen) atoms. The van der Waals surface area contributed by atoms with Gasteiger partial charge in [0.15, 0.2) is 10.8 Å². The minimum Gasteiger partial charge on any atom is -0.290 e.